The molecule has 160 valence electrons. The van der Waals surface area contributed by atoms with Crippen LogP contribution in [0, 0.1) is 0 Å². The van der Waals surface area contributed by atoms with Crippen molar-refractivity contribution >= 4 is 40.4 Å². The summed E-state index contributed by atoms with van der Waals surface area (Å²) in [6, 6.07) is -2.19. The molecule has 2 N–H and O–H groups in total. The van der Waals surface area contributed by atoms with Gasteiger partial charge >= 0.3 is 18.1 Å². The lowest BCUT2D eigenvalue weighted by molar-refractivity contribution is -0.175. The number of methoxy groups -OCH3 is 1. The summed E-state index contributed by atoms with van der Waals surface area (Å²) in [5, 5.41) is 4.40. The molecule has 0 aromatic carbocycles. The molecule has 1 aliphatic carbocycles. The molecule has 7 nitrogen and oxygen atoms in total. The second kappa shape index (κ2) is 10.4. The minimum Gasteiger partial charge on any atom is -0.466 e. The van der Waals surface area contributed by atoms with E-state index >= 15 is 0 Å². The standard InChI is InChI=1S/C17H24F3IN2O5/c1-5-12(8(2)21)28-13-7-10(15(25)27-4)6-11(14(13)22-9(3)24)23-16(26)17(18,19)20/h7-8,11-14H,5-6H2,1-4H3,(H,22,24)(H,23,26)/t8?,11-,12?,13+,14+/m0/s1. The molecule has 0 bridgehead atoms. The van der Waals surface area contributed by atoms with Crippen molar-refractivity contribution in [2.45, 2.75) is 68.0 Å². The SMILES string of the molecule is CCC(O[C@@H]1C=C(C(=O)OC)C[C@H](NC(=O)C(F)(F)F)[C@H]1NC(C)=O)C(C)I. The highest BCUT2D eigenvalue weighted by Gasteiger charge is 2.44. The van der Waals surface area contributed by atoms with Crippen molar-refractivity contribution in [3.63, 3.8) is 0 Å². The van der Waals surface area contributed by atoms with E-state index in [1.807, 2.05) is 19.2 Å². The summed E-state index contributed by atoms with van der Waals surface area (Å²) in [5.74, 6) is -3.40. The Kier molecular flexibility index (Phi) is 9.18. The summed E-state index contributed by atoms with van der Waals surface area (Å²) in [5.41, 5.74) is 0.0672. The van der Waals surface area contributed by atoms with E-state index in [0.29, 0.717) is 6.42 Å². The van der Waals surface area contributed by atoms with Gasteiger partial charge in [0, 0.05) is 22.8 Å². The predicted molar refractivity (Wildman–Crippen MR) is 103 cm³/mol. The molecule has 2 amide bonds. The number of rotatable bonds is 7. The fourth-order valence-corrected chi connectivity index (χ4v) is 3.59. The average Bonchev–Trinajstić information content (AvgIpc) is 2.59. The number of amides is 2. The fourth-order valence-electron chi connectivity index (χ4n) is 2.91. The van der Waals surface area contributed by atoms with E-state index < -0.39 is 42.1 Å². The van der Waals surface area contributed by atoms with Gasteiger partial charge in [-0.2, -0.15) is 13.2 Å². The van der Waals surface area contributed by atoms with E-state index in [0.717, 1.165) is 7.11 Å². The smallest absolute Gasteiger partial charge is 0.466 e. The molecule has 28 heavy (non-hydrogen) atoms. The number of ether oxygens (including phenoxy) is 2. The largest absolute Gasteiger partial charge is 0.471 e. The van der Waals surface area contributed by atoms with Crippen molar-refractivity contribution < 1.29 is 37.0 Å². The molecule has 1 aliphatic rings. The van der Waals surface area contributed by atoms with Gasteiger partial charge in [0.15, 0.2) is 0 Å². The number of hydrogen-bond donors (Lipinski definition) is 2. The van der Waals surface area contributed by atoms with Crippen molar-refractivity contribution in [1.82, 2.24) is 10.6 Å². The molecule has 0 aliphatic heterocycles. The van der Waals surface area contributed by atoms with Crippen LogP contribution in [0.3, 0.4) is 0 Å². The third-order valence-corrected chi connectivity index (χ3v) is 5.03. The predicted octanol–water partition coefficient (Wildman–Crippen LogP) is 2.03. The lowest BCUT2D eigenvalue weighted by Crippen LogP contribution is -2.61. The number of nitrogens with one attached hydrogen (secondary N) is 2. The van der Waals surface area contributed by atoms with E-state index in [-0.39, 0.29) is 22.0 Å². The van der Waals surface area contributed by atoms with E-state index in [4.69, 9.17) is 4.74 Å². The molecule has 0 radical (unpaired) electrons. The lowest BCUT2D eigenvalue weighted by atomic mass is 9.87. The number of halogens is 4. The molecular weight excluding hydrogens is 496 g/mol. The highest BCUT2D eigenvalue weighted by atomic mass is 127. The molecule has 0 saturated carbocycles. The van der Waals surface area contributed by atoms with E-state index in [2.05, 4.69) is 32.6 Å². The minimum atomic E-state index is -5.10. The monoisotopic (exact) mass is 520 g/mol. The zero-order valence-electron chi connectivity index (χ0n) is 15.9. The van der Waals surface area contributed by atoms with Crippen molar-refractivity contribution in [1.29, 1.82) is 0 Å². The summed E-state index contributed by atoms with van der Waals surface area (Å²) in [7, 11) is 1.14. The third-order valence-electron chi connectivity index (χ3n) is 4.23. The zero-order valence-corrected chi connectivity index (χ0v) is 18.1. The molecular formula is C17H24F3IN2O5. The Morgan fingerprint density at radius 3 is 2.36 bits per heavy atom. The molecule has 0 spiro atoms. The van der Waals surface area contributed by atoms with Crippen molar-refractivity contribution in [2.24, 2.45) is 0 Å². The van der Waals surface area contributed by atoms with Crippen LogP contribution in [-0.2, 0) is 23.9 Å². The zero-order chi connectivity index (χ0) is 21.6. The summed E-state index contributed by atoms with van der Waals surface area (Å²) in [4.78, 5) is 35.1. The molecule has 0 fully saturated rings. The topological polar surface area (TPSA) is 93.7 Å². The maximum absolute atomic E-state index is 12.7. The number of esters is 1. The molecule has 11 heteroatoms. The Hall–Kier alpha value is -1.37. The maximum atomic E-state index is 12.7. The average molecular weight is 520 g/mol. The first-order valence-corrected chi connectivity index (χ1v) is 9.88. The van der Waals surface area contributed by atoms with Crippen molar-refractivity contribution in [3.05, 3.63) is 11.6 Å². The minimum absolute atomic E-state index is 0.0562. The molecule has 5 atom stereocenters. The second-order valence-electron chi connectivity index (χ2n) is 6.42. The Morgan fingerprint density at radius 2 is 1.93 bits per heavy atom. The van der Waals surface area contributed by atoms with E-state index in [9.17, 15) is 27.6 Å². The van der Waals surface area contributed by atoms with Crippen molar-refractivity contribution in [3.8, 4) is 0 Å². The van der Waals surface area contributed by atoms with Gasteiger partial charge in [0.1, 0.15) is 0 Å². The highest BCUT2D eigenvalue weighted by molar-refractivity contribution is 14.1. The van der Waals surface area contributed by atoms with E-state index in [1.165, 1.54) is 13.0 Å². The molecule has 0 aromatic rings. The van der Waals surface area contributed by atoms with Crippen LogP contribution in [0.4, 0.5) is 13.2 Å². The molecule has 0 aromatic heterocycles. The van der Waals surface area contributed by atoms with Crippen LogP contribution in [0.2, 0.25) is 0 Å². The molecule has 0 heterocycles. The van der Waals surface area contributed by atoms with Crippen LogP contribution in [0.15, 0.2) is 11.6 Å². The first kappa shape index (κ1) is 24.7. The lowest BCUT2D eigenvalue weighted by Gasteiger charge is -2.39. The fraction of sp³-hybridized carbons (Fsp3) is 0.706. The molecule has 1 rings (SSSR count). The van der Waals surface area contributed by atoms with Gasteiger partial charge in [-0.05, 0) is 12.5 Å². The number of carbonyl (C=O) groups excluding carboxylic acids is 3. The molecule has 0 saturated heterocycles. The Labute approximate surface area is 174 Å². The second-order valence-corrected chi connectivity index (χ2v) is 8.38. The van der Waals surface area contributed by atoms with Gasteiger partial charge in [-0.1, -0.05) is 36.4 Å². The highest BCUT2D eigenvalue weighted by Crippen LogP contribution is 2.27. The van der Waals surface area contributed by atoms with E-state index in [1.54, 1.807) is 0 Å². The Balaban J connectivity index is 3.28. The quantitative estimate of drug-likeness (QED) is 0.305. The van der Waals surface area contributed by atoms with Crippen LogP contribution in [0.1, 0.15) is 33.6 Å². The van der Waals surface area contributed by atoms with Crippen LogP contribution in [-0.4, -0.2) is 59.3 Å². The third kappa shape index (κ3) is 6.90. The normalized spacial score (nSPS) is 24.6. The van der Waals surface area contributed by atoms with Gasteiger partial charge < -0.3 is 20.1 Å². The van der Waals surface area contributed by atoms with Gasteiger partial charge in [0.05, 0.1) is 31.4 Å². The first-order chi connectivity index (χ1) is 12.9. The van der Waals surface area contributed by atoms with Crippen LogP contribution in [0.5, 0.6) is 0 Å². The van der Waals surface area contributed by atoms with Gasteiger partial charge in [0.25, 0.3) is 0 Å². The number of hydrogen-bond acceptors (Lipinski definition) is 5. The Morgan fingerprint density at radius 1 is 1.32 bits per heavy atom. The van der Waals surface area contributed by atoms with Crippen LogP contribution >= 0.6 is 22.6 Å². The van der Waals surface area contributed by atoms with Gasteiger partial charge in [-0.15, -0.1) is 0 Å². The van der Waals surface area contributed by atoms with Gasteiger partial charge in [-0.25, -0.2) is 4.79 Å². The summed E-state index contributed by atoms with van der Waals surface area (Å²) < 4.78 is 49.0. The first-order valence-electron chi connectivity index (χ1n) is 8.64. The summed E-state index contributed by atoms with van der Waals surface area (Å²) in [6.45, 7) is 4.99. The Bertz CT molecular complexity index is 624. The van der Waals surface area contributed by atoms with Crippen molar-refractivity contribution in [2.75, 3.05) is 7.11 Å². The maximum Gasteiger partial charge on any atom is 0.471 e. The van der Waals surface area contributed by atoms with Crippen LogP contribution < -0.4 is 10.6 Å². The number of carbonyl (C=O) groups is 3. The summed E-state index contributed by atoms with van der Waals surface area (Å²) in [6.07, 6.45) is -4.51. The summed E-state index contributed by atoms with van der Waals surface area (Å²) >= 11 is 2.15. The molecule has 2 unspecified atom stereocenters. The number of alkyl halides is 4. The van der Waals surface area contributed by atoms with Crippen LogP contribution in [0.25, 0.3) is 0 Å². The van der Waals surface area contributed by atoms with Gasteiger partial charge in [0.2, 0.25) is 5.91 Å². The van der Waals surface area contributed by atoms with Gasteiger partial charge in [-0.3, -0.25) is 9.59 Å².